The van der Waals surface area contributed by atoms with E-state index in [1.165, 1.54) is 0 Å². The summed E-state index contributed by atoms with van der Waals surface area (Å²) in [6.07, 6.45) is 0. The van der Waals surface area contributed by atoms with E-state index in [0.717, 1.165) is 0 Å². The Hall–Kier alpha value is 3.91. The summed E-state index contributed by atoms with van der Waals surface area (Å²) in [5, 5.41) is 0. The summed E-state index contributed by atoms with van der Waals surface area (Å²) in [7, 11) is -15.5. The molecule has 0 N–H and O–H groups in total. The Balaban J connectivity index is -0.0000000106. The smallest absolute Gasteiger partial charge is 2.00 e. The molecule has 0 aromatic heterocycles. The van der Waals surface area contributed by atoms with Crippen molar-refractivity contribution < 1.29 is 200 Å². The van der Waals surface area contributed by atoms with Crippen molar-refractivity contribution in [3.8, 4) is 0 Å². The van der Waals surface area contributed by atoms with Gasteiger partial charge in [-0.2, -0.15) is 0 Å². The van der Waals surface area contributed by atoms with Crippen molar-refractivity contribution in [2.45, 2.75) is 0 Å². The second kappa shape index (κ2) is 29.7. The van der Waals surface area contributed by atoms with Crippen LogP contribution in [0.25, 0.3) is 0 Å². The average molecular weight is 692 g/mol. The average Bonchev–Trinajstić information content (AvgIpc) is 1.41. The van der Waals surface area contributed by atoms with Gasteiger partial charge in [0.2, 0.25) is 0 Å². The molecule has 0 spiro atoms. The van der Waals surface area contributed by atoms with Crippen molar-refractivity contribution in [1.82, 2.24) is 0 Å². The molecule has 0 rings (SSSR count). The summed E-state index contributed by atoms with van der Waals surface area (Å²) in [6.45, 7) is 0. The number of rotatable bonds is 0. The van der Waals surface area contributed by atoms with Crippen molar-refractivity contribution in [2.75, 3.05) is 0 Å². The molecule has 0 fully saturated rings. The molecule has 0 amide bonds. The van der Waals surface area contributed by atoms with Crippen LogP contribution in [0.5, 0.6) is 0 Å². The third-order valence-corrected chi connectivity index (χ3v) is 0. The van der Waals surface area contributed by atoms with Gasteiger partial charge in [0.1, 0.15) is 0 Å². The van der Waals surface area contributed by atoms with E-state index in [-0.39, 0.29) is 147 Å². The molecule has 0 aromatic rings. The van der Waals surface area contributed by atoms with Crippen LogP contribution in [0.15, 0.2) is 0 Å². The third-order valence-electron chi connectivity index (χ3n) is 0. The summed E-state index contributed by atoms with van der Waals surface area (Å²) >= 11 is 0. The maximum Gasteiger partial charge on any atom is 3.00 e. The van der Waals surface area contributed by atoms with E-state index < -0.39 is 31.2 Å². The molecule has 0 radical (unpaired) electrons. The first-order valence-electron chi connectivity index (χ1n) is 2.00. The number of hydrogen-bond acceptors (Lipinski definition) is 12. The molecule has 120 valence electrons. The fourth-order valence-electron chi connectivity index (χ4n) is 0. The monoisotopic (exact) mass is 691 g/mol. The Morgan fingerprint density at radius 1 is 0.364 bits per heavy atom. The van der Waals surface area contributed by atoms with Crippen LogP contribution in [0.3, 0.4) is 0 Å². The Kier molecular flexibility index (Phi) is 85.6. The van der Waals surface area contributed by atoms with Gasteiger partial charge >= 0.3 is 131 Å². The molecule has 0 unspecified atom stereocenters. The standard InChI is InChI=1S/3H2O4S.3O.4Y/c3*1-5(2,3)4;;;;;;;/h3*(H2,1,2,3,4);;;;;;;/q;;;3*-2;4*+3/p-6. The van der Waals surface area contributed by atoms with Crippen LogP contribution in [0.2, 0.25) is 0 Å². The van der Waals surface area contributed by atoms with Crippen molar-refractivity contribution in [3.63, 3.8) is 0 Å². The van der Waals surface area contributed by atoms with E-state index >= 15 is 0 Å². The molecule has 0 atom stereocenters. The second-order valence-electron chi connectivity index (χ2n) is 1.22. The molecule has 0 saturated carbocycles. The van der Waals surface area contributed by atoms with E-state index in [2.05, 4.69) is 0 Å². The van der Waals surface area contributed by atoms with Crippen LogP contribution in [0.4, 0.5) is 0 Å². The largest absolute Gasteiger partial charge is 3.00 e. The second-order valence-corrected chi connectivity index (χ2v) is 3.67. The Labute approximate surface area is 226 Å². The van der Waals surface area contributed by atoms with E-state index in [9.17, 15) is 0 Å². The van der Waals surface area contributed by atoms with Crippen molar-refractivity contribution in [3.05, 3.63) is 0 Å². The summed E-state index contributed by atoms with van der Waals surface area (Å²) in [5.74, 6) is 0. The van der Waals surface area contributed by atoms with Gasteiger partial charge in [-0.15, -0.1) is 0 Å². The van der Waals surface area contributed by atoms with Crippen molar-refractivity contribution in [1.29, 1.82) is 0 Å². The predicted molar refractivity (Wildman–Crippen MR) is 33.5 cm³/mol. The van der Waals surface area contributed by atoms with Gasteiger partial charge in [-0.1, -0.05) is 0 Å². The molecular formula is O15S3Y4. The topological polar surface area (TPSA) is 326 Å². The predicted octanol–water partition coefficient (Wildman–Crippen LogP) is -4.38. The van der Waals surface area contributed by atoms with Gasteiger partial charge in [-0.05, 0) is 0 Å². The fourth-order valence-corrected chi connectivity index (χ4v) is 0. The Morgan fingerprint density at radius 2 is 0.364 bits per heavy atom. The minimum absolute atomic E-state index is 0. The molecule has 0 aliphatic carbocycles. The zero-order valence-corrected chi connectivity index (χ0v) is 23.5. The van der Waals surface area contributed by atoms with Crippen LogP contribution in [0, 0.1) is 0 Å². The quantitative estimate of drug-likeness (QED) is 0.172. The van der Waals surface area contributed by atoms with Gasteiger partial charge in [0, 0.05) is 31.2 Å². The summed E-state index contributed by atoms with van der Waals surface area (Å²) in [6, 6.07) is 0. The van der Waals surface area contributed by atoms with Crippen molar-refractivity contribution in [2.24, 2.45) is 0 Å². The first-order chi connectivity index (χ1) is 6.00. The van der Waals surface area contributed by atoms with Gasteiger partial charge in [0.25, 0.3) is 0 Å². The van der Waals surface area contributed by atoms with E-state index in [4.69, 9.17) is 52.6 Å². The van der Waals surface area contributed by atoms with E-state index in [1.54, 1.807) is 0 Å². The van der Waals surface area contributed by atoms with Crippen LogP contribution < -0.4 is 0 Å². The molecule has 0 heterocycles. The summed E-state index contributed by atoms with van der Waals surface area (Å²) in [4.78, 5) is 0. The molecule has 22 heavy (non-hydrogen) atoms. The molecule has 0 bridgehead atoms. The molecular weight excluding hydrogens is 692 g/mol. The van der Waals surface area contributed by atoms with Gasteiger partial charge in [-0.25, -0.2) is 0 Å². The maximum atomic E-state index is 8.52. The molecule has 15 nitrogen and oxygen atoms in total. The fraction of sp³-hybridized carbons (Fsp3) is 0. The Morgan fingerprint density at radius 3 is 0.364 bits per heavy atom. The SMILES string of the molecule is O=S(=O)([O-])[O-].O=S(=O)([O-])[O-].O=S(=O)([O-])[O-].[O-2].[O-2].[O-2].[Y+3].[Y+3].[Y+3].[Y+3]. The first-order valence-corrected chi connectivity index (χ1v) is 6.00. The summed E-state index contributed by atoms with van der Waals surface area (Å²) in [5.41, 5.74) is 0. The van der Waals surface area contributed by atoms with Gasteiger partial charge < -0.3 is 43.7 Å². The first kappa shape index (κ1) is 63.5. The van der Waals surface area contributed by atoms with Gasteiger partial charge in [0.05, 0.1) is 0 Å². The van der Waals surface area contributed by atoms with E-state index in [0.29, 0.717) is 0 Å². The zero-order valence-electron chi connectivity index (χ0n) is 9.66. The maximum absolute atomic E-state index is 8.52. The third kappa shape index (κ3) is 822. The van der Waals surface area contributed by atoms with Crippen LogP contribution in [0.1, 0.15) is 0 Å². The molecule has 0 aliphatic heterocycles. The summed E-state index contributed by atoms with van der Waals surface area (Å²) < 4.78 is 102. The minimum Gasteiger partial charge on any atom is -2.00 e. The van der Waals surface area contributed by atoms with Gasteiger partial charge in [-0.3, -0.25) is 25.3 Å². The van der Waals surface area contributed by atoms with Crippen LogP contribution in [-0.4, -0.2) is 52.6 Å². The number of hydrogen-bond donors (Lipinski definition) is 0. The van der Waals surface area contributed by atoms with Crippen molar-refractivity contribution >= 4 is 31.2 Å². The van der Waals surface area contributed by atoms with Gasteiger partial charge in [0.15, 0.2) is 0 Å². The molecule has 0 saturated heterocycles. The normalized spacial score (nSPS) is 7.91. The molecule has 0 aliphatic rings. The Bertz CT molecular complexity index is 348. The van der Waals surface area contributed by atoms with Crippen LogP contribution >= 0.6 is 0 Å². The minimum atomic E-state index is -5.17. The van der Waals surface area contributed by atoms with Crippen LogP contribution in [-0.2, 0) is 178 Å². The zero-order chi connectivity index (χ0) is 13.5. The van der Waals surface area contributed by atoms with E-state index in [1.807, 2.05) is 0 Å². The molecule has 22 heteroatoms. The molecule has 0 aromatic carbocycles.